The molecule has 6 heteroatoms. The molecule has 1 heterocycles. The number of hydrogen-bond acceptors (Lipinski definition) is 4. The van der Waals surface area contributed by atoms with Gasteiger partial charge in [0.1, 0.15) is 5.69 Å². The number of carboxylic acid groups (broad SMARTS) is 1. The molecule has 2 rings (SSSR count). The molecule has 21 heavy (non-hydrogen) atoms. The quantitative estimate of drug-likeness (QED) is 0.791. The topological polar surface area (TPSA) is 92.2 Å². The SMILES string of the molecule is CC(CCCNC(=O)c1cnc2ccccc2n1)C(=O)O. The molecule has 2 aromatic rings. The smallest absolute Gasteiger partial charge is 0.306 e. The third kappa shape index (κ3) is 3.98. The van der Waals surface area contributed by atoms with Crippen LogP contribution in [-0.2, 0) is 4.79 Å². The van der Waals surface area contributed by atoms with Crippen LogP contribution in [0.5, 0.6) is 0 Å². The van der Waals surface area contributed by atoms with Gasteiger partial charge in [0.2, 0.25) is 0 Å². The number of hydrogen-bond donors (Lipinski definition) is 2. The van der Waals surface area contributed by atoms with E-state index in [1.807, 2.05) is 18.2 Å². The molecule has 0 saturated heterocycles. The zero-order chi connectivity index (χ0) is 15.2. The summed E-state index contributed by atoms with van der Waals surface area (Å²) in [6, 6.07) is 7.33. The zero-order valence-corrected chi connectivity index (χ0v) is 11.7. The summed E-state index contributed by atoms with van der Waals surface area (Å²) in [6.07, 6.45) is 2.58. The molecule has 1 unspecified atom stereocenters. The number of para-hydroxylation sites is 2. The minimum atomic E-state index is -0.818. The first-order chi connectivity index (χ1) is 10.1. The molecular formula is C15H17N3O3. The van der Waals surface area contributed by atoms with Crippen molar-refractivity contribution in [2.75, 3.05) is 6.54 Å². The lowest BCUT2D eigenvalue weighted by Gasteiger charge is -2.07. The molecule has 0 aliphatic carbocycles. The molecule has 0 saturated carbocycles. The maximum absolute atomic E-state index is 11.9. The summed E-state index contributed by atoms with van der Waals surface area (Å²) < 4.78 is 0. The number of amides is 1. The van der Waals surface area contributed by atoms with Gasteiger partial charge in [-0.1, -0.05) is 19.1 Å². The van der Waals surface area contributed by atoms with E-state index in [4.69, 9.17) is 5.11 Å². The van der Waals surface area contributed by atoms with Gasteiger partial charge in [-0.15, -0.1) is 0 Å². The lowest BCUT2D eigenvalue weighted by Crippen LogP contribution is -2.26. The Morgan fingerprint density at radius 1 is 1.29 bits per heavy atom. The van der Waals surface area contributed by atoms with Gasteiger partial charge in [0.15, 0.2) is 0 Å². The Hall–Kier alpha value is -2.50. The fourth-order valence-electron chi connectivity index (χ4n) is 1.89. The van der Waals surface area contributed by atoms with Gasteiger partial charge >= 0.3 is 5.97 Å². The average molecular weight is 287 g/mol. The van der Waals surface area contributed by atoms with Crippen molar-refractivity contribution < 1.29 is 14.7 Å². The molecule has 0 radical (unpaired) electrons. The summed E-state index contributed by atoms with van der Waals surface area (Å²) >= 11 is 0. The number of benzene rings is 1. The number of aromatic nitrogens is 2. The Balaban J connectivity index is 1.89. The highest BCUT2D eigenvalue weighted by Crippen LogP contribution is 2.08. The molecule has 0 spiro atoms. The second-order valence-electron chi connectivity index (χ2n) is 4.88. The minimum absolute atomic E-state index is 0.264. The molecule has 0 aliphatic rings. The maximum atomic E-state index is 11.9. The van der Waals surface area contributed by atoms with E-state index >= 15 is 0 Å². The molecule has 0 fully saturated rings. The number of carbonyl (C=O) groups excluding carboxylic acids is 1. The predicted octanol–water partition coefficient (Wildman–Crippen LogP) is 1.86. The number of nitrogens with one attached hydrogen (secondary N) is 1. The maximum Gasteiger partial charge on any atom is 0.306 e. The third-order valence-corrected chi connectivity index (χ3v) is 3.20. The van der Waals surface area contributed by atoms with Gasteiger partial charge in [0.05, 0.1) is 23.1 Å². The number of rotatable bonds is 6. The van der Waals surface area contributed by atoms with Crippen LogP contribution in [0.1, 0.15) is 30.3 Å². The second-order valence-corrected chi connectivity index (χ2v) is 4.88. The van der Waals surface area contributed by atoms with Crippen molar-refractivity contribution in [1.82, 2.24) is 15.3 Å². The fourth-order valence-corrected chi connectivity index (χ4v) is 1.89. The first kappa shape index (κ1) is 14.9. The van der Waals surface area contributed by atoms with Crippen molar-refractivity contribution in [2.45, 2.75) is 19.8 Å². The predicted molar refractivity (Wildman–Crippen MR) is 77.9 cm³/mol. The summed E-state index contributed by atoms with van der Waals surface area (Å²) in [5, 5.41) is 11.5. The third-order valence-electron chi connectivity index (χ3n) is 3.20. The largest absolute Gasteiger partial charge is 0.481 e. The Labute approximate surface area is 122 Å². The molecule has 6 nitrogen and oxygen atoms in total. The van der Waals surface area contributed by atoms with Gasteiger partial charge in [0, 0.05) is 6.54 Å². The molecule has 2 N–H and O–H groups in total. The van der Waals surface area contributed by atoms with Crippen molar-refractivity contribution in [3.63, 3.8) is 0 Å². The van der Waals surface area contributed by atoms with Crippen LogP contribution in [-0.4, -0.2) is 33.5 Å². The molecule has 0 aliphatic heterocycles. The first-order valence-corrected chi connectivity index (χ1v) is 6.80. The van der Waals surface area contributed by atoms with Crippen LogP contribution in [0.25, 0.3) is 11.0 Å². The average Bonchev–Trinajstić information content (AvgIpc) is 2.50. The van der Waals surface area contributed by atoms with E-state index in [1.54, 1.807) is 13.0 Å². The number of fused-ring (bicyclic) bond motifs is 1. The van der Waals surface area contributed by atoms with Crippen molar-refractivity contribution in [1.29, 1.82) is 0 Å². The van der Waals surface area contributed by atoms with Crippen LogP contribution in [0.15, 0.2) is 30.5 Å². The molecule has 1 atom stereocenters. The minimum Gasteiger partial charge on any atom is -0.481 e. The highest BCUT2D eigenvalue weighted by molar-refractivity contribution is 5.93. The van der Waals surface area contributed by atoms with E-state index in [-0.39, 0.29) is 11.6 Å². The molecular weight excluding hydrogens is 270 g/mol. The van der Waals surface area contributed by atoms with E-state index in [0.29, 0.717) is 24.9 Å². The summed E-state index contributed by atoms with van der Waals surface area (Å²) in [5.74, 6) is -1.51. The molecule has 1 aromatic carbocycles. The summed E-state index contributed by atoms with van der Waals surface area (Å²) in [4.78, 5) is 31.0. The lowest BCUT2D eigenvalue weighted by molar-refractivity contribution is -0.141. The number of carbonyl (C=O) groups is 2. The standard InChI is InChI=1S/C15H17N3O3/c1-10(15(20)21)5-4-8-16-14(19)13-9-17-11-6-2-3-7-12(11)18-13/h2-3,6-7,9-10H,4-5,8H2,1H3,(H,16,19)(H,20,21). The van der Waals surface area contributed by atoms with E-state index in [1.165, 1.54) is 6.20 Å². The van der Waals surface area contributed by atoms with Gasteiger partial charge in [0.25, 0.3) is 5.91 Å². The molecule has 1 amide bonds. The number of nitrogens with zero attached hydrogens (tertiary/aromatic N) is 2. The summed E-state index contributed by atoms with van der Waals surface area (Å²) in [6.45, 7) is 2.07. The van der Waals surface area contributed by atoms with Crippen LogP contribution >= 0.6 is 0 Å². The summed E-state index contributed by atoms with van der Waals surface area (Å²) in [7, 11) is 0. The fraction of sp³-hybridized carbons (Fsp3) is 0.333. The van der Waals surface area contributed by atoms with E-state index < -0.39 is 11.9 Å². The normalized spacial score (nSPS) is 12.0. The Bertz CT molecular complexity index is 657. The van der Waals surface area contributed by atoms with Crippen LogP contribution in [0, 0.1) is 5.92 Å². The zero-order valence-electron chi connectivity index (χ0n) is 11.7. The van der Waals surface area contributed by atoms with Crippen LogP contribution < -0.4 is 5.32 Å². The Morgan fingerprint density at radius 2 is 2.00 bits per heavy atom. The molecule has 0 bridgehead atoms. The molecule has 110 valence electrons. The van der Waals surface area contributed by atoms with Crippen LogP contribution in [0.2, 0.25) is 0 Å². The van der Waals surface area contributed by atoms with Crippen LogP contribution in [0.4, 0.5) is 0 Å². The van der Waals surface area contributed by atoms with Gasteiger partial charge in [-0.2, -0.15) is 0 Å². The lowest BCUT2D eigenvalue weighted by atomic mass is 10.1. The second kappa shape index (κ2) is 6.78. The van der Waals surface area contributed by atoms with Gasteiger partial charge in [-0.25, -0.2) is 4.98 Å². The Morgan fingerprint density at radius 3 is 2.71 bits per heavy atom. The monoisotopic (exact) mass is 287 g/mol. The van der Waals surface area contributed by atoms with Crippen molar-refractivity contribution >= 4 is 22.9 Å². The van der Waals surface area contributed by atoms with Gasteiger partial charge < -0.3 is 10.4 Å². The highest BCUT2D eigenvalue weighted by Gasteiger charge is 2.11. The number of carboxylic acids is 1. The van der Waals surface area contributed by atoms with Crippen molar-refractivity contribution in [2.24, 2.45) is 5.92 Å². The first-order valence-electron chi connectivity index (χ1n) is 6.80. The number of aliphatic carboxylic acids is 1. The Kier molecular flexibility index (Phi) is 4.81. The molecule has 1 aromatic heterocycles. The van der Waals surface area contributed by atoms with Crippen molar-refractivity contribution in [3.05, 3.63) is 36.2 Å². The van der Waals surface area contributed by atoms with E-state index in [0.717, 1.165) is 5.52 Å². The van der Waals surface area contributed by atoms with Gasteiger partial charge in [-0.3, -0.25) is 14.6 Å². The van der Waals surface area contributed by atoms with Gasteiger partial charge in [-0.05, 0) is 25.0 Å². The van der Waals surface area contributed by atoms with Crippen LogP contribution in [0.3, 0.4) is 0 Å². The van der Waals surface area contributed by atoms with E-state index in [2.05, 4.69) is 15.3 Å². The van der Waals surface area contributed by atoms with Crippen molar-refractivity contribution in [3.8, 4) is 0 Å². The van der Waals surface area contributed by atoms with E-state index in [9.17, 15) is 9.59 Å². The highest BCUT2D eigenvalue weighted by atomic mass is 16.4. The summed E-state index contributed by atoms with van der Waals surface area (Å²) in [5.41, 5.74) is 1.67.